The molecule has 1 fully saturated rings. The molecule has 1 aliphatic rings. The smallest absolute Gasteiger partial charge is 0.251 e. The van der Waals surface area contributed by atoms with Crippen LogP contribution >= 0.6 is 0 Å². The first-order chi connectivity index (χ1) is 16.6. The topological polar surface area (TPSA) is 58.9 Å². The number of pyridine rings is 1. The Hall–Kier alpha value is -3.87. The number of fused-ring (bicyclic) bond motifs is 1. The molecule has 34 heavy (non-hydrogen) atoms. The number of hydrogen-bond donors (Lipinski definition) is 1. The molecule has 2 atom stereocenters. The molecule has 7 heteroatoms. The first-order valence-corrected chi connectivity index (χ1v) is 11.5. The van der Waals surface area contributed by atoms with Gasteiger partial charge in [-0.1, -0.05) is 24.3 Å². The van der Waals surface area contributed by atoms with Gasteiger partial charge in [-0.05, 0) is 67.3 Å². The Balaban J connectivity index is 1.52. The minimum atomic E-state index is -0.687. The fourth-order valence-electron chi connectivity index (χ4n) is 4.63. The number of nitrogens with zero attached hydrogens (tertiary/aromatic N) is 3. The molecule has 174 valence electrons. The standard InChI is InChI=1S/C27H27FN4O2/c1-34-23-9-6-7-21(17-23)29-26(24-18-22-8-2-5-16-32(22)30-24)27(33)31-15-4-3-10-25(31)19-11-13-20(28)14-12-19/h2,5-9,11-14,16-18,25-26,29H,3-4,10,15H2,1H3. The van der Waals surface area contributed by atoms with Crippen molar-refractivity contribution in [3.05, 3.63) is 96.1 Å². The highest BCUT2D eigenvalue weighted by Crippen LogP contribution is 2.34. The third-order valence-electron chi connectivity index (χ3n) is 6.35. The molecule has 4 aromatic rings. The average Bonchev–Trinajstić information content (AvgIpc) is 3.31. The second kappa shape index (κ2) is 9.55. The first kappa shape index (κ1) is 21.9. The number of halogens is 1. The van der Waals surface area contributed by atoms with Gasteiger partial charge in [-0.25, -0.2) is 8.91 Å². The van der Waals surface area contributed by atoms with E-state index in [9.17, 15) is 9.18 Å². The van der Waals surface area contributed by atoms with Crippen LogP contribution in [0.15, 0.2) is 79.0 Å². The van der Waals surface area contributed by atoms with Crippen molar-refractivity contribution in [1.29, 1.82) is 0 Å². The number of aromatic nitrogens is 2. The minimum Gasteiger partial charge on any atom is -0.497 e. The normalized spacial score (nSPS) is 16.9. The number of amides is 1. The molecule has 0 bridgehead atoms. The van der Waals surface area contributed by atoms with E-state index in [-0.39, 0.29) is 17.8 Å². The molecule has 0 radical (unpaired) electrons. The predicted molar refractivity (Wildman–Crippen MR) is 129 cm³/mol. The van der Waals surface area contributed by atoms with E-state index in [0.29, 0.717) is 18.0 Å². The van der Waals surface area contributed by atoms with Crippen molar-refractivity contribution in [1.82, 2.24) is 14.5 Å². The Bertz CT molecular complexity index is 1250. The van der Waals surface area contributed by atoms with Crippen LogP contribution in [-0.2, 0) is 4.79 Å². The summed E-state index contributed by atoms with van der Waals surface area (Å²) in [5.74, 6) is 0.369. The lowest BCUT2D eigenvalue weighted by Gasteiger charge is -2.38. The van der Waals surface area contributed by atoms with Gasteiger partial charge in [0.25, 0.3) is 5.91 Å². The number of nitrogens with one attached hydrogen (secondary N) is 1. The molecule has 3 heterocycles. The second-order valence-corrected chi connectivity index (χ2v) is 8.54. The number of likely N-dealkylation sites (tertiary alicyclic amines) is 1. The number of ether oxygens (including phenoxy) is 1. The molecule has 2 unspecified atom stereocenters. The quantitative estimate of drug-likeness (QED) is 0.421. The van der Waals surface area contributed by atoms with Crippen LogP contribution in [0.2, 0.25) is 0 Å². The number of benzene rings is 2. The van der Waals surface area contributed by atoms with Crippen molar-refractivity contribution in [3.8, 4) is 5.75 Å². The molecular formula is C27H27FN4O2. The highest BCUT2D eigenvalue weighted by molar-refractivity contribution is 5.86. The summed E-state index contributed by atoms with van der Waals surface area (Å²) < 4.78 is 20.7. The van der Waals surface area contributed by atoms with Crippen molar-refractivity contribution in [2.75, 3.05) is 19.0 Å². The highest BCUT2D eigenvalue weighted by Gasteiger charge is 2.34. The van der Waals surface area contributed by atoms with Gasteiger partial charge in [0, 0.05) is 24.5 Å². The molecule has 2 aromatic carbocycles. The van der Waals surface area contributed by atoms with Crippen molar-refractivity contribution >= 4 is 17.1 Å². The van der Waals surface area contributed by atoms with E-state index in [1.807, 2.05) is 59.6 Å². The fourth-order valence-corrected chi connectivity index (χ4v) is 4.63. The lowest BCUT2D eigenvalue weighted by molar-refractivity contribution is -0.136. The van der Waals surface area contributed by atoms with Crippen LogP contribution < -0.4 is 10.1 Å². The molecule has 0 saturated carbocycles. The van der Waals surface area contributed by atoms with E-state index < -0.39 is 6.04 Å². The van der Waals surface area contributed by atoms with Crippen LogP contribution in [0.1, 0.15) is 42.6 Å². The Labute approximate surface area is 198 Å². The van der Waals surface area contributed by atoms with Gasteiger partial charge in [-0.2, -0.15) is 5.10 Å². The third kappa shape index (κ3) is 4.46. The van der Waals surface area contributed by atoms with Crippen LogP contribution in [0.3, 0.4) is 0 Å². The lowest BCUT2D eigenvalue weighted by Crippen LogP contribution is -2.43. The minimum absolute atomic E-state index is 0.0553. The summed E-state index contributed by atoms with van der Waals surface area (Å²) in [7, 11) is 1.62. The van der Waals surface area contributed by atoms with E-state index >= 15 is 0 Å². The molecule has 1 N–H and O–H groups in total. The van der Waals surface area contributed by atoms with Gasteiger partial charge in [0.15, 0.2) is 6.04 Å². The zero-order valence-corrected chi connectivity index (χ0v) is 19.0. The number of anilines is 1. The summed E-state index contributed by atoms with van der Waals surface area (Å²) in [6.07, 6.45) is 4.66. The Morgan fingerprint density at radius 3 is 2.74 bits per heavy atom. The number of rotatable bonds is 6. The summed E-state index contributed by atoms with van der Waals surface area (Å²) in [5, 5.41) is 8.11. The maximum atomic E-state index is 14.1. The van der Waals surface area contributed by atoms with Crippen molar-refractivity contribution in [2.45, 2.75) is 31.3 Å². The van der Waals surface area contributed by atoms with Crippen LogP contribution in [0, 0.1) is 5.82 Å². The van der Waals surface area contributed by atoms with E-state index in [2.05, 4.69) is 5.32 Å². The van der Waals surface area contributed by atoms with Crippen molar-refractivity contribution in [3.63, 3.8) is 0 Å². The van der Waals surface area contributed by atoms with Crippen LogP contribution in [-0.4, -0.2) is 34.1 Å². The van der Waals surface area contributed by atoms with E-state index in [1.54, 1.807) is 23.8 Å². The lowest BCUT2D eigenvalue weighted by atomic mass is 9.94. The monoisotopic (exact) mass is 458 g/mol. The van der Waals surface area contributed by atoms with Gasteiger partial charge in [-0.3, -0.25) is 4.79 Å². The summed E-state index contributed by atoms with van der Waals surface area (Å²) in [6.45, 7) is 0.643. The number of methoxy groups -OCH3 is 1. The SMILES string of the molecule is COc1cccc(NC(C(=O)N2CCCCC2c2ccc(F)cc2)c2cc3ccccn3n2)c1. The van der Waals surface area contributed by atoms with Crippen LogP contribution in [0.4, 0.5) is 10.1 Å². The maximum absolute atomic E-state index is 14.1. The molecule has 5 rings (SSSR count). The highest BCUT2D eigenvalue weighted by atomic mass is 19.1. The summed E-state index contributed by atoms with van der Waals surface area (Å²) >= 11 is 0. The van der Waals surface area contributed by atoms with Gasteiger partial charge in [0.05, 0.1) is 24.4 Å². The predicted octanol–water partition coefficient (Wildman–Crippen LogP) is 5.39. The molecule has 6 nitrogen and oxygen atoms in total. The zero-order valence-electron chi connectivity index (χ0n) is 19.0. The Kier molecular flexibility index (Phi) is 6.16. The van der Waals surface area contributed by atoms with E-state index in [1.165, 1.54) is 12.1 Å². The molecule has 2 aromatic heterocycles. The van der Waals surface area contributed by atoms with Gasteiger partial charge < -0.3 is 15.0 Å². The summed E-state index contributed by atoms with van der Waals surface area (Å²) in [4.78, 5) is 16.0. The number of piperidine rings is 1. The molecule has 0 spiro atoms. The zero-order chi connectivity index (χ0) is 23.5. The number of carbonyl (C=O) groups excluding carboxylic acids is 1. The van der Waals surface area contributed by atoms with Gasteiger partial charge in [-0.15, -0.1) is 0 Å². The van der Waals surface area contributed by atoms with Gasteiger partial charge >= 0.3 is 0 Å². The van der Waals surface area contributed by atoms with Crippen LogP contribution in [0.25, 0.3) is 5.52 Å². The molecule has 1 aliphatic heterocycles. The summed E-state index contributed by atoms with van der Waals surface area (Å²) in [5.41, 5.74) is 3.27. The second-order valence-electron chi connectivity index (χ2n) is 8.54. The van der Waals surface area contributed by atoms with Gasteiger partial charge in [0.2, 0.25) is 0 Å². The molecular weight excluding hydrogens is 431 g/mol. The molecule has 1 saturated heterocycles. The number of carbonyl (C=O) groups is 1. The molecule has 1 amide bonds. The van der Waals surface area contributed by atoms with Crippen LogP contribution in [0.5, 0.6) is 5.75 Å². The average molecular weight is 459 g/mol. The van der Waals surface area contributed by atoms with E-state index in [4.69, 9.17) is 9.84 Å². The Morgan fingerprint density at radius 1 is 1.09 bits per heavy atom. The Morgan fingerprint density at radius 2 is 1.94 bits per heavy atom. The molecule has 0 aliphatic carbocycles. The van der Waals surface area contributed by atoms with E-state index in [0.717, 1.165) is 36.0 Å². The largest absolute Gasteiger partial charge is 0.497 e. The van der Waals surface area contributed by atoms with Gasteiger partial charge in [0.1, 0.15) is 11.6 Å². The fraction of sp³-hybridized carbons (Fsp3) is 0.259. The maximum Gasteiger partial charge on any atom is 0.251 e. The van der Waals surface area contributed by atoms with Crippen molar-refractivity contribution in [2.24, 2.45) is 0 Å². The summed E-state index contributed by atoms with van der Waals surface area (Å²) in [6, 6.07) is 21.0. The third-order valence-corrected chi connectivity index (χ3v) is 6.35. The number of hydrogen-bond acceptors (Lipinski definition) is 4. The first-order valence-electron chi connectivity index (χ1n) is 11.5. The van der Waals surface area contributed by atoms with Crippen molar-refractivity contribution < 1.29 is 13.9 Å².